The van der Waals surface area contributed by atoms with Gasteiger partial charge in [0.1, 0.15) is 0 Å². The topological polar surface area (TPSA) is 51.6 Å². The summed E-state index contributed by atoms with van der Waals surface area (Å²) in [6.07, 6.45) is 1.63. The minimum Gasteiger partial charge on any atom is -0.493 e. The molecule has 2 rings (SSSR count). The van der Waals surface area contributed by atoms with Gasteiger partial charge in [-0.2, -0.15) is 0 Å². The second kappa shape index (κ2) is 6.39. The quantitative estimate of drug-likeness (QED) is 0.910. The molecule has 4 nitrogen and oxygen atoms in total. The van der Waals surface area contributed by atoms with Crippen molar-refractivity contribution in [2.24, 2.45) is 0 Å². The van der Waals surface area contributed by atoms with Crippen LogP contribution in [0.3, 0.4) is 0 Å². The summed E-state index contributed by atoms with van der Waals surface area (Å²) in [6.45, 7) is 1.92. The lowest BCUT2D eigenvalue weighted by atomic mass is 10.0. The van der Waals surface area contributed by atoms with Crippen LogP contribution >= 0.6 is 0 Å². The van der Waals surface area contributed by atoms with Crippen molar-refractivity contribution in [3.8, 4) is 11.5 Å². The van der Waals surface area contributed by atoms with Gasteiger partial charge in [0.05, 0.1) is 20.3 Å². The average molecular weight is 273 g/mol. The third kappa shape index (κ3) is 3.27. The van der Waals surface area contributed by atoms with Crippen LogP contribution in [0.15, 0.2) is 36.5 Å². The Morgan fingerprint density at radius 2 is 1.85 bits per heavy atom. The fourth-order valence-electron chi connectivity index (χ4n) is 2.03. The second-order valence-corrected chi connectivity index (χ2v) is 4.64. The van der Waals surface area contributed by atoms with E-state index >= 15 is 0 Å². The van der Waals surface area contributed by atoms with Gasteiger partial charge in [-0.25, -0.2) is 0 Å². The number of aryl methyl sites for hydroxylation is 1. The number of aliphatic hydroxyl groups is 1. The highest BCUT2D eigenvalue weighted by Crippen LogP contribution is 2.29. The van der Waals surface area contributed by atoms with E-state index in [9.17, 15) is 5.11 Å². The molecule has 4 heteroatoms. The SMILES string of the molecule is COc1ccc(CC(O)c2ccc(C)nc2)cc1OC. The number of rotatable bonds is 5. The third-order valence-corrected chi connectivity index (χ3v) is 3.20. The number of nitrogens with zero attached hydrogens (tertiary/aromatic N) is 1. The summed E-state index contributed by atoms with van der Waals surface area (Å²) in [5.74, 6) is 1.35. The van der Waals surface area contributed by atoms with Crippen LogP contribution in [0.2, 0.25) is 0 Å². The number of aromatic nitrogens is 1. The zero-order chi connectivity index (χ0) is 14.5. The molecule has 20 heavy (non-hydrogen) atoms. The van der Waals surface area contributed by atoms with Crippen LogP contribution in [-0.4, -0.2) is 24.3 Å². The van der Waals surface area contributed by atoms with Gasteiger partial charge in [0.15, 0.2) is 11.5 Å². The molecule has 1 aromatic carbocycles. The fraction of sp³-hybridized carbons (Fsp3) is 0.312. The van der Waals surface area contributed by atoms with Gasteiger partial charge >= 0.3 is 0 Å². The van der Waals surface area contributed by atoms with Crippen molar-refractivity contribution in [2.75, 3.05) is 14.2 Å². The molecular weight excluding hydrogens is 254 g/mol. The van der Waals surface area contributed by atoms with Crippen LogP contribution < -0.4 is 9.47 Å². The lowest BCUT2D eigenvalue weighted by Gasteiger charge is -2.13. The van der Waals surface area contributed by atoms with Crippen molar-refractivity contribution >= 4 is 0 Å². The maximum Gasteiger partial charge on any atom is 0.160 e. The van der Waals surface area contributed by atoms with Crippen LogP contribution in [0, 0.1) is 6.92 Å². The van der Waals surface area contributed by atoms with Crippen LogP contribution in [0.4, 0.5) is 0 Å². The lowest BCUT2D eigenvalue weighted by molar-refractivity contribution is 0.178. The molecule has 1 unspecified atom stereocenters. The zero-order valence-corrected chi connectivity index (χ0v) is 12.0. The Morgan fingerprint density at radius 3 is 2.45 bits per heavy atom. The first-order chi connectivity index (χ1) is 9.63. The first-order valence-corrected chi connectivity index (χ1v) is 6.45. The molecule has 0 fully saturated rings. The summed E-state index contributed by atoms with van der Waals surface area (Å²) in [5, 5.41) is 10.2. The zero-order valence-electron chi connectivity index (χ0n) is 12.0. The molecule has 1 aromatic heterocycles. The van der Waals surface area contributed by atoms with Gasteiger partial charge in [0.2, 0.25) is 0 Å². The molecule has 1 N–H and O–H groups in total. The molecule has 2 aromatic rings. The van der Waals surface area contributed by atoms with Crippen LogP contribution in [-0.2, 0) is 6.42 Å². The minimum absolute atomic E-state index is 0.505. The smallest absolute Gasteiger partial charge is 0.160 e. The summed E-state index contributed by atoms with van der Waals surface area (Å²) in [5.41, 5.74) is 2.73. The number of benzene rings is 1. The Labute approximate surface area is 119 Å². The third-order valence-electron chi connectivity index (χ3n) is 3.20. The van der Waals surface area contributed by atoms with Crippen molar-refractivity contribution in [2.45, 2.75) is 19.4 Å². The molecule has 0 aliphatic heterocycles. The highest BCUT2D eigenvalue weighted by atomic mass is 16.5. The van der Waals surface area contributed by atoms with E-state index in [0.717, 1.165) is 16.8 Å². The molecule has 0 radical (unpaired) electrons. The van der Waals surface area contributed by atoms with Crippen molar-refractivity contribution in [3.63, 3.8) is 0 Å². The number of ether oxygens (including phenoxy) is 2. The van der Waals surface area contributed by atoms with Gasteiger partial charge in [0.25, 0.3) is 0 Å². The van der Waals surface area contributed by atoms with E-state index in [1.807, 2.05) is 37.3 Å². The molecule has 0 spiro atoms. The van der Waals surface area contributed by atoms with Crippen LogP contribution in [0.1, 0.15) is 22.9 Å². The number of aliphatic hydroxyl groups excluding tert-OH is 1. The van der Waals surface area contributed by atoms with Gasteiger partial charge < -0.3 is 14.6 Å². The number of hydrogen-bond acceptors (Lipinski definition) is 4. The van der Waals surface area contributed by atoms with E-state index in [2.05, 4.69) is 4.98 Å². The minimum atomic E-state index is -0.582. The first kappa shape index (κ1) is 14.3. The predicted molar refractivity (Wildman–Crippen MR) is 77.2 cm³/mol. The molecular formula is C16H19NO3. The van der Waals surface area contributed by atoms with Gasteiger partial charge in [0, 0.05) is 18.3 Å². The maximum absolute atomic E-state index is 10.2. The number of pyridine rings is 1. The number of methoxy groups -OCH3 is 2. The van der Waals surface area contributed by atoms with E-state index in [1.54, 1.807) is 20.4 Å². The van der Waals surface area contributed by atoms with Crippen molar-refractivity contribution < 1.29 is 14.6 Å². The molecule has 0 saturated carbocycles. The maximum atomic E-state index is 10.2. The van der Waals surface area contributed by atoms with Gasteiger partial charge in [-0.3, -0.25) is 4.98 Å². The molecule has 106 valence electrons. The molecule has 0 amide bonds. The molecule has 0 aliphatic carbocycles. The Hall–Kier alpha value is -2.07. The van der Waals surface area contributed by atoms with Gasteiger partial charge in [-0.1, -0.05) is 12.1 Å². The predicted octanol–water partition coefficient (Wildman–Crippen LogP) is 2.68. The van der Waals surface area contributed by atoms with Crippen molar-refractivity contribution in [1.29, 1.82) is 0 Å². The summed E-state index contributed by atoms with van der Waals surface area (Å²) in [4.78, 5) is 4.20. The van der Waals surface area contributed by atoms with E-state index in [0.29, 0.717) is 17.9 Å². The second-order valence-electron chi connectivity index (χ2n) is 4.64. The summed E-state index contributed by atoms with van der Waals surface area (Å²) in [6, 6.07) is 9.44. The fourth-order valence-corrected chi connectivity index (χ4v) is 2.03. The summed E-state index contributed by atoms with van der Waals surface area (Å²) >= 11 is 0. The molecule has 0 saturated heterocycles. The lowest BCUT2D eigenvalue weighted by Crippen LogP contribution is -2.03. The summed E-state index contributed by atoms with van der Waals surface area (Å²) < 4.78 is 10.5. The van der Waals surface area contributed by atoms with Gasteiger partial charge in [-0.15, -0.1) is 0 Å². The first-order valence-electron chi connectivity index (χ1n) is 6.45. The standard InChI is InChI=1S/C16H19NO3/c1-11-4-6-13(10-17-11)14(18)8-12-5-7-15(19-2)16(9-12)20-3/h4-7,9-10,14,18H,8H2,1-3H3. The Balaban J connectivity index is 2.15. The highest BCUT2D eigenvalue weighted by molar-refractivity contribution is 5.43. The number of hydrogen-bond donors (Lipinski definition) is 1. The largest absolute Gasteiger partial charge is 0.493 e. The molecule has 1 atom stereocenters. The Bertz CT molecular complexity index is 566. The monoisotopic (exact) mass is 273 g/mol. The van der Waals surface area contributed by atoms with Crippen LogP contribution in [0.5, 0.6) is 11.5 Å². The van der Waals surface area contributed by atoms with Crippen molar-refractivity contribution in [1.82, 2.24) is 4.98 Å². The normalized spacial score (nSPS) is 12.0. The highest BCUT2D eigenvalue weighted by Gasteiger charge is 2.11. The Morgan fingerprint density at radius 1 is 1.10 bits per heavy atom. The molecule has 1 heterocycles. The molecule has 0 bridgehead atoms. The van der Waals surface area contributed by atoms with E-state index in [-0.39, 0.29) is 0 Å². The van der Waals surface area contributed by atoms with E-state index in [1.165, 1.54) is 0 Å². The Kier molecular flexibility index (Phi) is 4.58. The summed E-state index contributed by atoms with van der Waals surface area (Å²) in [7, 11) is 3.20. The average Bonchev–Trinajstić information content (AvgIpc) is 2.47. The van der Waals surface area contributed by atoms with Gasteiger partial charge in [-0.05, 0) is 36.2 Å². The van der Waals surface area contributed by atoms with E-state index < -0.39 is 6.10 Å². The molecule has 0 aliphatic rings. The van der Waals surface area contributed by atoms with E-state index in [4.69, 9.17) is 9.47 Å². The van der Waals surface area contributed by atoms with Crippen LogP contribution in [0.25, 0.3) is 0 Å². The van der Waals surface area contributed by atoms with Crippen molar-refractivity contribution in [3.05, 3.63) is 53.3 Å².